The predicted molar refractivity (Wildman–Crippen MR) is 84.8 cm³/mol. The van der Waals surface area contributed by atoms with Crippen LogP contribution in [-0.4, -0.2) is 16.8 Å². The van der Waals surface area contributed by atoms with Crippen molar-refractivity contribution in [3.05, 3.63) is 38.3 Å². The monoisotopic (exact) mass is 341 g/mol. The maximum absolute atomic E-state index is 4.62. The number of thiophene rings is 1. The number of rotatable bonds is 6. The van der Waals surface area contributed by atoms with Crippen molar-refractivity contribution >= 4 is 27.3 Å². The summed E-state index contributed by atoms with van der Waals surface area (Å²) in [6.45, 7) is 5.22. The van der Waals surface area contributed by atoms with Crippen molar-refractivity contribution < 1.29 is 0 Å². The Balaban J connectivity index is 2.23. The highest BCUT2D eigenvalue weighted by Gasteiger charge is 2.17. The van der Waals surface area contributed by atoms with Crippen LogP contribution in [0.15, 0.2) is 22.0 Å². The van der Waals surface area contributed by atoms with Gasteiger partial charge in [-0.1, -0.05) is 6.92 Å². The van der Waals surface area contributed by atoms with E-state index in [0.29, 0.717) is 6.04 Å². The van der Waals surface area contributed by atoms with Crippen molar-refractivity contribution in [1.82, 2.24) is 15.1 Å². The molecule has 2 aromatic heterocycles. The molecular formula is C14H20BrN3S. The van der Waals surface area contributed by atoms with Gasteiger partial charge in [0.05, 0.1) is 5.69 Å². The molecule has 3 nitrogen and oxygen atoms in total. The molecule has 19 heavy (non-hydrogen) atoms. The topological polar surface area (TPSA) is 29.9 Å². The molecule has 0 bridgehead atoms. The molecule has 0 saturated heterocycles. The predicted octanol–water partition coefficient (Wildman–Crippen LogP) is 3.79. The van der Waals surface area contributed by atoms with Crippen LogP contribution in [0.4, 0.5) is 0 Å². The lowest BCUT2D eigenvalue weighted by Crippen LogP contribution is -2.19. The summed E-state index contributed by atoms with van der Waals surface area (Å²) >= 11 is 5.41. The first-order chi connectivity index (χ1) is 9.19. The molecule has 104 valence electrons. The van der Waals surface area contributed by atoms with E-state index in [0.717, 1.165) is 19.4 Å². The van der Waals surface area contributed by atoms with Crippen LogP contribution in [0.3, 0.4) is 0 Å². The standard InChI is InChI=1S/C14H20BrN3S/c1-4-10-8-11(18(5-2)17-10)9-13(16-3)14-12(15)6-7-19-14/h6-8,13,16H,4-5,9H2,1-3H3. The van der Waals surface area contributed by atoms with Crippen LogP contribution in [0.1, 0.15) is 36.2 Å². The molecule has 2 heterocycles. The summed E-state index contributed by atoms with van der Waals surface area (Å²) in [5, 5.41) is 10.2. The molecule has 1 atom stereocenters. The van der Waals surface area contributed by atoms with Crippen molar-refractivity contribution in [3.63, 3.8) is 0 Å². The van der Waals surface area contributed by atoms with Crippen LogP contribution >= 0.6 is 27.3 Å². The Labute approximate surface area is 127 Å². The number of aryl methyl sites for hydroxylation is 2. The van der Waals surface area contributed by atoms with E-state index in [1.165, 1.54) is 20.7 Å². The Morgan fingerprint density at radius 1 is 1.47 bits per heavy atom. The molecule has 1 unspecified atom stereocenters. The third kappa shape index (κ3) is 3.27. The average molecular weight is 342 g/mol. The zero-order valence-electron chi connectivity index (χ0n) is 11.6. The minimum Gasteiger partial charge on any atom is -0.312 e. The fourth-order valence-corrected chi connectivity index (χ4v) is 3.98. The van der Waals surface area contributed by atoms with Gasteiger partial charge in [-0.2, -0.15) is 5.10 Å². The van der Waals surface area contributed by atoms with Crippen LogP contribution in [0.25, 0.3) is 0 Å². The van der Waals surface area contributed by atoms with Gasteiger partial charge in [-0.25, -0.2) is 0 Å². The summed E-state index contributed by atoms with van der Waals surface area (Å²) < 4.78 is 3.31. The van der Waals surface area contributed by atoms with E-state index < -0.39 is 0 Å². The van der Waals surface area contributed by atoms with Crippen LogP contribution < -0.4 is 5.32 Å². The van der Waals surface area contributed by atoms with E-state index in [2.05, 4.69) is 62.4 Å². The van der Waals surface area contributed by atoms with Gasteiger partial charge in [0.15, 0.2) is 0 Å². The van der Waals surface area contributed by atoms with Gasteiger partial charge in [0.2, 0.25) is 0 Å². The first-order valence-corrected chi connectivity index (χ1v) is 8.32. The van der Waals surface area contributed by atoms with Crippen molar-refractivity contribution in [3.8, 4) is 0 Å². The SMILES string of the molecule is CCc1cc(CC(NC)c2sccc2Br)n(CC)n1. The lowest BCUT2D eigenvalue weighted by atomic mass is 10.1. The van der Waals surface area contributed by atoms with Crippen molar-refractivity contribution in [2.45, 2.75) is 39.3 Å². The minimum absolute atomic E-state index is 0.334. The van der Waals surface area contributed by atoms with Gasteiger partial charge in [-0.3, -0.25) is 4.68 Å². The number of nitrogens with zero attached hydrogens (tertiary/aromatic N) is 2. The van der Waals surface area contributed by atoms with Crippen LogP contribution in [-0.2, 0) is 19.4 Å². The Morgan fingerprint density at radius 2 is 2.26 bits per heavy atom. The average Bonchev–Trinajstić information content (AvgIpc) is 3.01. The molecule has 1 N–H and O–H groups in total. The zero-order chi connectivity index (χ0) is 13.8. The number of likely N-dealkylation sites (N-methyl/N-ethyl adjacent to an activating group) is 1. The maximum atomic E-state index is 4.62. The van der Waals surface area contributed by atoms with Crippen LogP contribution in [0.5, 0.6) is 0 Å². The summed E-state index contributed by atoms with van der Waals surface area (Å²) in [5.41, 5.74) is 2.48. The van der Waals surface area contributed by atoms with E-state index in [1.807, 2.05) is 7.05 Å². The molecule has 2 rings (SSSR count). The Morgan fingerprint density at radius 3 is 2.79 bits per heavy atom. The second kappa shape index (κ2) is 6.68. The highest BCUT2D eigenvalue weighted by Crippen LogP contribution is 2.31. The molecule has 0 spiro atoms. The number of nitrogens with one attached hydrogen (secondary N) is 1. The van der Waals surface area contributed by atoms with Gasteiger partial charge in [0, 0.05) is 34.1 Å². The fraction of sp³-hybridized carbons (Fsp3) is 0.500. The lowest BCUT2D eigenvalue weighted by Gasteiger charge is -2.16. The molecule has 0 saturated carbocycles. The molecule has 0 amide bonds. The highest BCUT2D eigenvalue weighted by molar-refractivity contribution is 9.10. The number of hydrogen-bond acceptors (Lipinski definition) is 3. The number of hydrogen-bond donors (Lipinski definition) is 1. The van der Waals surface area contributed by atoms with Crippen molar-refractivity contribution in [1.29, 1.82) is 0 Å². The Kier molecular flexibility index (Phi) is 5.19. The van der Waals surface area contributed by atoms with Gasteiger partial charge in [-0.05, 0) is 53.8 Å². The summed E-state index contributed by atoms with van der Waals surface area (Å²) in [6, 6.07) is 4.68. The summed E-state index contributed by atoms with van der Waals surface area (Å²) in [4.78, 5) is 1.35. The second-order valence-electron chi connectivity index (χ2n) is 4.47. The van der Waals surface area contributed by atoms with E-state index in [1.54, 1.807) is 11.3 Å². The summed E-state index contributed by atoms with van der Waals surface area (Å²) in [6.07, 6.45) is 1.96. The normalized spacial score (nSPS) is 12.8. The van der Waals surface area contributed by atoms with Gasteiger partial charge < -0.3 is 5.32 Å². The first-order valence-electron chi connectivity index (χ1n) is 6.65. The highest BCUT2D eigenvalue weighted by atomic mass is 79.9. The Hall–Kier alpha value is -0.650. The second-order valence-corrected chi connectivity index (χ2v) is 6.28. The molecule has 0 fully saturated rings. The quantitative estimate of drug-likeness (QED) is 0.866. The van der Waals surface area contributed by atoms with Gasteiger partial charge in [-0.15, -0.1) is 11.3 Å². The first kappa shape index (κ1) is 14.8. The zero-order valence-corrected chi connectivity index (χ0v) is 14.0. The molecule has 0 aliphatic carbocycles. The third-order valence-electron chi connectivity index (χ3n) is 3.30. The molecule has 0 aliphatic heterocycles. The van der Waals surface area contributed by atoms with Crippen LogP contribution in [0.2, 0.25) is 0 Å². The van der Waals surface area contributed by atoms with E-state index in [-0.39, 0.29) is 0 Å². The molecule has 5 heteroatoms. The maximum Gasteiger partial charge on any atom is 0.0624 e. The van der Waals surface area contributed by atoms with E-state index in [9.17, 15) is 0 Å². The lowest BCUT2D eigenvalue weighted by molar-refractivity contribution is 0.545. The molecule has 2 aromatic rings. The smallest absolute Gasteiger partial charge is 0.0624 e. The molecule has 0 aliphatic rings. The van der Waals surface area contributed by atoms with Crippen molar-refractivity contribution in [2.75, 3.05) is 7.05 Å². The Bertz CT molecular complexity index is 533. The molecule has 0 radical (unpaired) electrons. The molecule has 0 aromatic carbocycles. The number of halogens is 1. The minimum atomic E-state index is 0.334. The van der Waals surface area contributed by atoms with Crippen molar-refractivity contribution in [2.24, 2.45) is 0 Å². The fourth-order valence-electron chi connectivity index (χ4n) is 2.21. The number of aromatic nitrogens is 2. The summed E-state index contributed by atoms with van der Waals surface area (Å²) in [7, 11) is 2.02. The van der Waals surface area contributed by atoms with Crippen LogP contribution in [0, 0.1) is 0 Å². The van der Waals surface area contributed by atoms with E-state index in [4.69, 9.17) is 0 Å². The van der Waals surface area contributed by atoms with Gasteiger partial charge in [0.25, 0.3) is 0 Å². The van der Waals surface area contributed by atoms with Gasteiger partial charge in [0.1, 0.15) is 0 Å². The molecular weight excluding hydrogens is 322 g/mol. The summed E-state index contributed by atoms with van der Waals surface area (Å²) in [5.74, 6) is 0. The third-order valence-corrected chi connectivity index (χ3v) is 5.28. The largest absolute Gasteiger partial charge is 0.312 e. The van der Waals surface area contributed by atoms with Gasteiger partial charge >= 0.3 is 0 Å². The van der Waals surface area contributed by atoms with E-state index >= 15 is 0 Å².